The van der Waals surface area contributed by atoms with E-state index >= 15 is 0 Å². The van der Waals surface area contributed by atoms with E-state index in [-0.39, 0.29) is 18.0 Å². The van der Waals surface area contributed by atoms with Crippen LogP contribution in [-0.4, -0.2) is 37.9 Å². The van der Waals surface area contributed by atoms with Gasteiger partial charge >= 0.3 is 0 Å². The summed E-state index contributed by atoms with van der Waals surface area (Å²) in [6.07, 6.45) is 3.32. The van der Waals surface area contributed by atoms with Gasteiger partial charge < -0.3 is 4.42 Å². The van der Waals surface area contributed by atoms with Crippen LogP contribution in [0.4, 0.5) is 0 Å². The monoisotopic (exact) mass is 425 g/mol. The fourth-order valence-electron chi connectivity index (χ4n) is 2.77. The Bertz CT molecular complexity index is 1080. The van der Waals surface area contributed by atoms with Crippen molar-refractivity contribution in [1.29, 1.82) is 0 Å². The third-order valence-electron chi connectivity index (χ3n) is 4.40. The van der Waals surface area contributed by atoms with Gasteiger partial charge in [-0.2, -0.15) is 9.41 Å². The third kappa shape index (κ3) is 5.88. The van der Waals surface area contributed by atoms with E-state index in [2.05, 4.69) is 10.5 Å². The lowest BCUT2D eigenvalue weighted by atomic mass is 10.1. The molecule has 3 aromatic rings. The minimum Gasteiger partial charge on any atom is -0.463 e. The number of furan rings is 1. The summed E-state index contributed by atoms with van der Waals surface area (Å²) >= 11 is 0. The predicted octanol–water partition coefficient (Wildman–Crippen LogP) is 2.97. The molecule has 0 radical (unpaired) electrons. The molecule has 0 bridgehead atoms. The van der Waals surface area contributed by atoms with Gasteiger partial charge in [0.15, 0.2) is 0 Å². The standard InChI is InChI=1S/C22H23N3O4S/c1-18-9-11-21(12-10-18)30(27,28)25(14-13-19-6-3-2-4-7-19)17-22(26)24-23-16-20-8-5-15-29-20/h2-12,15-16H,13-14,17H2,1H3,(H,24,26). The van der Waals surface area contributed by atoms with Crippen LogP contribution in [0.1, 0.15) is 16.9 Å². The lowest BCUT2D eigenvalue weighted by Gasteiger charge is -2.21. The maximum Gasteiger partial charge on any atom is 0.255 e. The second-order valence-corrected chi connectivity index (χ2v) is 8.63. The molecule has 156 valence electrons. The first-order valence-corrected chi connectivity index (χ1v) is 10.9. The third-order valence-corrected chi connectivity index (χ3v) is 6.26. The fraction of sp³-hybridized carbons (Fsp3) is 0.182. The smallest absolute Gasteiger partial charge is 0.255 e. The number of nitrogens with one attached hydrogen (secondary N) is 1. The lowest BCUT2D eigenvalue weighted by Crippen LogP contribution is -2.40. The summed E-state index contributed by atoms with van der Waals surface area (Å²) in [6.45, 7) is 1.70. The zero-order chi connectivity index (χ0) is 21.4. The van der Waals surface area contributed by atoms with Gasteiger partial charge in [-0.3, -0.25) is 4.79 Å². The highest BCUT2D eigenvalue weighted by atomic mass is 32.2. The van der Waals surface area contributed by atoms with Gasteiger partial charge in [0.1, 0.15) is 5.76 Å². The van der Waals surface area contributed by atoms with Gasteiger partial charge in [0.05, 0.1) is 23.9 Å². The first-order valence-electron chi connectivity index (χ1n) is 9.41. The first-order chi connectivity index (χ1) is 14.4. The maximum absolute atomic E-state index is 13.2. The Morgan fingerprint density at radius 1 is 1.07 bits per heavy atom. The summed E-state index contributed by atoms with van der Waals surface area (Å²) in [5.41, 5.74) is 4.28. The minimum atomic E-state index is -3.85. The quantitative estimate of drug-likeness (QED) is 0.421. The van der Waals surface area contributed by atoms with Gasteiger partial charge in [-0.1, -0.05) is 48.0 Å². The number of nitrogens with zero attached hydrogens (tertiary/aromatic N) is 2. The summed E-state index contributed by atoms with van der Waals surface area (Å²) in [7, 11) is -3.85. The summed E-state index contributed by atoms with van der Waals surface area (Å²) in [4.78, 5) is 12.5. The van der Waals surface area contributed by atoms with Crippen LogP contribution in [0, 0.1) is 6.92 Å². The van der Waals surface area contributed by atoms with E-state index < -0.39 is 15.9 Å². The van der Waals surface area contributed by atoms with E-state index in [1.165, 1.54) is 16.8 Å². The molecule has 8 heteroatoms. The van der Waals surface area contributed by atoms with Crippen LogP contribution in [0.3, 0.4) is 0 Å². The molecular weight excluding hydrogens is 402 g/mol. The number of rotatable bonds is 9. The highest BCUT2D eigenvalue weighted by Gasteiger charge is 2.26. The van der Waals surface area contributed by atoms with Crippen LogP contribution in [0.15, 0.2) is 87.4 Å². The Morgan fingerprint density at radius 3 is 2.47 bits per heavy atom. The largest absolute Gasteiger partial charge is 0.463 e. The Hall–Kier alpha value is -3.23. The number of benzene rings is 2. The van der Waals surface area contributed by atoms with Crippen LogP contribution in [-0.2, 0) is 21.2 Å². The van der Waals surface area contributed by atoms with E-state index in [0.717, 1.165) is 11.1 Å². The predicted molar refractivity (Wildman–Crippen MR) is 115 cm³/mol. The molecule has 7 nitrogen and oxygen atoms in total. The van der Waals surface area contributed by atoms with Crippen molar-refractivity contribution in [2.24, 2.45) is 5.10 Å². The molecule has 1 heterocycles. The normalized spacial score (nSPS) is 11.8. The number of hydrazone groups is 1. The molecule has 0 aliphatic carbocycles. The summed E-state index contributed by atoms with van der Waals surface area (Å²) in [5, 5.41) is 3.81. The number of amides is 1. The van der Waals surface area contributed by atoms with Gasteiger partial charge in [-0.05, 0) is 43.2 Å². The minimum absolute atomic E-state index is 0.146. The Balaban J connectivity index is 1.74. The lowest BCUT2D eigenvalue weighted by molar-refractivity contribution is -0.121. The van der Waals surface area contributed by atoms with Crippen molar-refractivity contribution in [1.82, 2.24) is 9.73 Å². The van der Waals surface area contributed by atoms with Crippen molar-refractivity contribution < 1.29 is 17.6 Å². The van der Waals surface area contributed by atoms with E-state index in [1.54, 1.807) is 36.4 Å². The van der Waals surface area contributed by atoms with Gasteiger partial charge in [-0.25, -0.2) is 13.8 Å². The molecule has 0 aliphatic heterocycles. The van der Waals surface area contributed by atoms with Crippen molar-refractivity contribution in [2.45, 2.75) is 18.2 Å². The molecule has 0 unspecified atom stereocenters. The number of aryl methyl sites for hydroxylation is 1. The Morgan fingerprint density at radius 2 is 1.80 bits per heavy atom. The SMILES string of the molecule is Cc1ccc(S(=O)(=O)N(CCc2ccccc2)CC(=O)NN=Cc2ccco2)cc1. The Kier molecular flexibility index (Phi) is 7.16. The molecule has 0 spiro atoms. The van der Waals surface area contributed by atoms with E-state index in [0.29, 0.717) is 12.2 Å². The van der Waals surface area contributed by atoms with Gasteiger partial charge in [-0.15, -0.1) is 0 Å². The molecule has 0 saturated carbocycles. The summed E-state index contributed by atoms with van der Waals surface area (Å²) in [6, 6.07) is 19.5. The van der Waals surface area contributed by atoms with Crippen molar-refractivity contribution in [3.05, 3.63) is 89.9 Å². The topological polar surface area (TPSA) is 92.0 Å². The molecule has 0 atom stereocenters. The van der Waals surface area contributed by atoms with Gasteiger partial charge in [0.25, 0.3) is 5.91 Å². The van der Waals surface area contributed by atoms with Crippen molar-refractivity contribution in [3.8, 4) is 0 Å². The van der Waals surface area contributed by atoms with Crippen LogP contribution in [0.2, 0.25) is 0 Å². The maximum atomic E-state index is 13.2. The van der Waals surface area contributed by atoms with Crippen LogP contribution in [0.25, 0.3) is 0 Å². The van der Waals surface area contributed by atoms with Gasteiger partial charge in [0, 0.05) is 6.54 Å². The molecule has 1 amide bonds. The second kappa shape index (κ2) is 10.00. The average Bonchev–Trinajstić information content (AvgIpc) is 3.25. The number of carbonyl (C=O) groups excluding carboxylic acids is 1. The average molecular weight is 426 g/mol. The molecule has 3 rings (SSSR count). The highest BCUT2D eigenvalue weighted by molar-refractivity contribution is 7.89. The molecule has 0 aliphatic rings. The molecule has 2 aromatic carbocycles. The van der Waals surface area contributed by atoms with E-state index in [9.17, 15) is 13.2 Å². The molecule has 0 saturated heterocycles. The number of hydrogen-bond acceptors (Lipinski definition) is 5. The zero-order valence-electron chi connectivity index (χ0n) is 16.6. The highest BCUT2D eigenvalue weighted by Crippen LogP contribution is 2.17. The number of carbonyl (C=O) groups is 1. The van der Waals surface area contributed by atoms with Gasteiger partial charge in [0.2, 0.25) is 10.0 Å². The van der Waals surface area contributed by atoms with Crippen LogP contribution >= 0.6 is 0 Å². The second-order valence-electron chi connectivity index (χ2n) is 6.70. The van der Waals surface area contributed by atoms with E-state index in [1.807, 2.05) is 37.3 Å². The van der Waals surface area contributed by atoms with Crippen molar-refractivity contribution in [2.75, 3.05) is 13.1 Å². The van der Waals surface area contributed by atoms with Crippen molar-refractivity contribution >= 4 is 22.1 Å². The molecule has 1 N–H and O–H groups in total. The molecule has 1 aromatic heterocycles. The number of hydrogen-bond donors (Lipinski definition) is 1. The zero-order valence-corrected chi connectivity index (χ0v) is 17.4. The molecule has 0 fully saturated rings. The summed E-state index contributed by atoms with van der Waals surface area (Å²) in [5.74, 6) is -0.0648. The van der Waals surface area contributed by atoms with Crippen LogP contribution in [0.5, 0.6) is 0 Å². The molecule has 30 heavy (non-hydrogen) atoms. The molecular formula is C22H23N3O4S. The van der Waals surface area contributed by atoms with Crippen LogP contribution < -0.4 is 5.43 Å². The number of sulfonamides is 1. The fourth-order valence-corrected chi connectivity index (χ4v) is 4.17. The summed E-state index contributed by atoms with van der Waals surface area (Å²) < 4.78 is 32.6. The van der Waals surface area contributed by atoms with Crippen molar-refractivity contribution in [3.63, 3.8) is 0 Å². The first kappa shape index (κ1) is 21.5. The van der Waals surface area contributed by atoms with E-state index in [4.69, 9.17) is 4.42 Å². The Labute approximate surface area is 176 Å².